The molecule has 0 aromatic heterocycles. The molecule has 0 radical (unpaired) electrons. The Kier molecular flexibility index (Phi) is 3.90. The van der Waals surface area contributed by atoms with E-state index in [1.807, 2.05) is 32.0 Å². The Balaban J connectivity index is 2.07. The van der Waals surface area contributed by atoms with Gasteiger partial charge in [-0.05, 0) is 49.3 Å². The first-order valence-electron chi connectivity index (χ1n) is 6.06. The number of benzene rings is 1. The van der Waals surface area contributed by atoms with Crippen molar-refractivity contribution in [1.29, 1.82) is 0 Å². The summed E-state index contributed by atoms with van der Waals surface area (Å²) in [5, 5.41) is 3.01. The van der Waals surface area contributed by atoms with Crippen LogP contribution in [0.25, 0.3) is 0 Å². The number of ether oxygens (including phenoxy) is 1. The molecule has 6 heteroatoms. The molecule has 1 aromatic rings. The van der Waals surface area contributed by atoms with Crippen molar-refractivity contribution < 1.29 is 9.53 Å². The maximum Gasteiger partial charge on any atom is 0.414 e. The van der Waals surface area contributed by atoms with Gasteiger partial charge in [0.15, 0.2) is 5.11 Å². The van der Waals surface area contributed by atoms with Crippen LogP contribution in [-0.2, 0) is 4.74 Å². The van der Waals surface area contributed by atoms with Gasteiger partial charge in [-0.1, -0.05) is 6.07 Å². The van der Waals surface area contributed by atoms with E-state index in [0.717, 1.165) is 11.3 Å². The normalized spacial score (nSPS) is 18.3. The van der Waals surface area contributed by atoms with Crippen molar-refractivity contribution in [3.63, 3.8) is 0 Å². The fraction of sp³-hybridized carbons (Fsp3) is 0.385. The third-order valence-electron chi connectivity index (χ3n) is 3.18. The van der Waals surface area contributed by atoms with Gasteiger partial charge in [-0.25, -0.2) is 4.79 Å². The molecule has 19 heavy (non-hydrogen) atoms. The van der Waals surface area contributed by atoms with Crippen molar-refractivity contribution in [2.45, 2.75) is 20.0 Å². The maximum absolute atomic E-state index is 11.8. The summed E-state index contributed by atoms with van der Waals surface area (Å²) >= 11 is 4.73. The van der Waals surface area contributed by atoms with Crippen LogP contribution in [0.3, 0.4) is 0 Å². The third kappa shape index (κ3) is 3.14. The quantitative estimate of drug-likeness (QED) is 0.820. The van der Waals surface area contributed by atoms with Crippen molar-refractivity contribution in [2.75, 3.05) is 18.0 Å². The molecule has 0 spiro atoms. The molecule has 0 saturated carbocycles. The topological polar surface area (TPSA) is 67.6 Å². The first-order chi connectivity index (χ1) is 8.97. The Morgan fingerprint density at radius 3 is 2.89 bits per heavy atom. The lowest BCUT2D eigenvalue weighted by atomic mass is 10.1. The molecule has 1 aliphatic rings. The Morgan fingerprint density at radius 1 is 1.53 bits per heavy atom. The van der Waals surface area contributed by atoms with Crippen LogP contribution in [0.15, 0.2) is 18.2 Å². The van der Waals surface area contributed by atoms with Crippen LogP contribution in [0.2, 0.25) is 0 Å². The SMILES string of the molecule is Cc1ccc(N2CC(CNC(N)=S)OC2=O)cc1C. The van der Waals surface area contributed by atoms with Crippen LogP contribution in [0.1, 0.15) is 11.1 Å². The van der Waals surface area contributed by atoms with Crippen LogP contribution in [0, 0.1) is 13.8 Å². The Morgan fingerprint density at radius 2 is 2.26 bits per heavy atom. The van der Waals surface area contributed by atoms with Crippen molar-refractivity contribution in [3.8, 4) is 0 Å². The van der Waals surface area contributed by atoms with Gasteiger partial charge in [-0.15, -0.1) is 0 Å². The Hall–Kier alpha value is -1.82. The number of rotatable bonds is 3. The third-order valence-corrected chi connectivity index (χ3v) is 3.32. The molecule has 1 unspecified atom stereocenters. The minimum Gasteiger partial charge on any atom is -0.442 e. The molecule has 3 N–H and O–H groups in total. The number of hydrogen-bond donors (Lipinski definition) is 2. The zero-order valence-electron chi connectivity index (χ0n) is 11.0. The number of anilines is 1. The number of thiocarbonyl (C=S) groups is 1. The molecule has 0 aliphatic carbocycles. The number of amides is 1. The molecule has 1 saturated heterocycles. The molecule has 0 bridgehead atoms. The highest BCUT2D eigenvalue weighted by Gasteiger charge is 2.32. The lowest BCUT2D eigenvalue weighted by molar-refractivity contribution is 0.143. The van der Waals surface area contributed by atoms with E-state index in [1.54, 1.807) is 4.90 Å². The highest BCUT2D eigenvalue weighted by molar-refractivity contribution is 7.80. The number of nitrogens with one attached hydrogen (secondary N) is 1. The van der Waals surface area contributed by atoms with Gasteiger partial charge in [0.1, 0.15) is 6.10 Å². The first kappa shape index (κ1) is 13.6. The predicted octanol–water partition coefficient (Wildman–Crippen LogP) is 1.46. The number of nitrogens with two attached hydrogens (primary N) is 1. The highest BCUT2D eigenvalue weighted by atomic mass is 32.1. The van der Waals surface area contributed by atoms with E-state index in [2.05, 4.69) is 5.32 Å². The number of aryl methyl sites for hydroxylation is 2. The van der Waals surface area contributed by atoms with E-state index in [-0.39, 0.29) is 17.3 Å². The molecule has 1 aromatic carbocycles. The standard InChI is InChI=1S/C13H17N3O2S/c1-8-3-4-10(5-9(8)2)16-7-11(18-13(16)17)6-15-12(14)19/h3-5,11H,6-7H2,1-2H3,(H3,14,15,19). The van der Waals surface area contributed by atoms with E-state index in [9.17, 15) is 4.79 Å². The summed E-state index contributed by atoms with van der Waals surface area (Å²) in [7, 11) is 0. The minimum atomic E-state index is -0.335. The van der Waals surface area contributed by atoms with Gasteiger partial charge in [0.25, 0.3) is 0 Å². The van der Waals surface area contributed by atoms with Crippen LogP contribution in [0.4, 0.5) is 10.5 Å². The van der Waals surface area contributed by atoms with Crippen molar-refractivity contribution in [3.05, 3.63) is 29.3 Å². The monoisotopic (exact) mass is 279 g/mol. The smallest absolute Gasteiger partial charge is 0.414 e. The van der Waals surface area contributed by atoms with Crippen molar-refractivity contribution in [2.24, 2.45) is 5.73 Å². The summed E-state index contributed by atoms with van der Waals surface area (Å²) in [4.78, 5) is 13.5. The van der Waals surface area contributed by atoms with Gasteiger partial charge in [-0.2, -0.15) is 0 Å². The van der Waals surface area contributed by atoms with Crippen LogP contribution in [-0.4, -0.2) is 30.4 Å². The summed E-state index contributed by atoms with van der Waals surface area (Å²) in [5.41, 5.74) is 8.55. The largest absolute Gasteiger partial charge is 0.442 e. The van der Waals surface area contributed by atoms with Crippen LogP contribution < -0.4 is 16.0 Å². The Labute approximate surface area is 117 Å². The number of carbonyl (C=O) groups is 1. The zero-order chi connectivity index (χ0) is 14.0. The number of cyclic esters (lactones) is 1. The van der Waals surface area contributed by atoms with Gasteiger partial charge >= 0.3 is 6.09 Å². The highest BCUT2D eigenvalue weighted by Crippen LogP contribution is 2.23. The van der Waals surface area contributed by atoms with Crippen LogP contribution in [0.5, 0.6) is 0 Å². The average Bonchev–Trinajstić information content (AvgIpc) is 2.72. The molecule has 1 amide bonds. The lowest BCUT2D eigenvalue weighted by Crippen LogP contribution is -2.37. The van der Waals surface area contributed by atoms with E-state index in [0.29, 0.717) is 13.1 Å². The van der Waals surface area contributed by atoms with E-state index in [1.165, 1.54) is 5.56 Å². The number of hydrogen-bond acceptors (Lipinski definition) is 3. The molecule has 2 rings (SSSR count). The summed E-state index contributed by atoms with van der Waals surface area (Å²) in [6.07, 6.45) is -0.575. The second-order valence-electron chi connectivity index (χ2n) is 4.63. The van der Waals surface area contributed by atoms with Crippen LogP contribution >= 0.6 is 12.2 Å². The lowest BCUT2D eigenvalue weighted by Gasteiger charge is -2.14. The minimum absolute atomic E-state index is 0.209. The molecule has 1 fully saturated rings. The van der Waals surface area contributed by atoms with E-state index in [4.69, 9.17) is 22.7 Å². The number of carbonyl (C=O) groups excluding carboxylic acids is 1. The molecular weight excluding hydrogens is 262 g/mol. The fourth-order valence-corrected chi connectivity index (χ4v) is 2.03. The summed E-state index contributed by atoms with van der Waals surface area (Å²) < 4.78 is 5.26. The molecule has 1 atom stereocenters. The van der Waals surface area contributed by atoms with Gasteiger partial charge in [0.2, 0.25) is 0 Å². The van der Waals surface area contributed by atoms with E-state index >= 15 is 0 Å². The maximum atomic E-state index is 11.8. The molecule has 1 aliphatic heterocycles. The summed E-state index contributed by atoms with van der Waals surface area (Å²) in [5.74, 6) is 0. The van der Waals surface area contributed by atoms with E-state index < -0.39 is 0 Å². The summed E-state index contributed by atoms with van der Waals surface area (Å²) in [6.45, 7) is 4.99. The van der Waals surface area contributed by atoms with Gasteiger partial charge < -0.3 is 15.8 Å². The number of nitrogens with zero attached hydrogens (tertiary/aromatic N) is 1. The molecule has 5 nitrogen and oxygen atoms in total. The van der Waals surface area contributed by atoms with Crippen molar-refractivity contribution in [1.82, 2.24) is 5.32 Å². The molecule has 102 valence electrons. The van der Waals surface area contributed by atoms with Gasteiger partial charge in [0.05, 0.1) is 13.1 Å². The predicted molar refractivity (Wildman–Crippen MR) is 78.3 cm³/mol. The molecule has 1 heterocycles. The fourth-order valence-electron chi connectivity index (χ4n) is 1.95. The van der Waals surface area contributed by atoms with Gasteiger partial charge in [0, 0.05) is 5.69 Å². The second-order valence-corrected chi connectivity index (χ2v) is 5.07. The second kappa shape index (κ2) is 5.44. The van der Waals surface area contributed by atoms with Crippen molar-refractivity contribution >= 4 is 29.1 Å². The molecular formula is C13H17N3O2S. The first-order valence-corrected chi connectivity index (χ1v) is 6.47. The van der Waals surface area contributed by atoms with Gasteiger partial charge in [-0.3, -0.25) is 4.90 Å². The average molecular weight is 279 g/mol. The Bertz CT molecular complexity index is 519. The summed E-state index contributed by atoms with van der Waals surface area (Å²) in [6, 6.07) is 5.91. The zero-order valence-corrected chi connectivity index (χ0v) is 11.8.